The molecule has 0 aliphatic carbocycles. The lowest BCUT2D eigenvalue weighted by Gasteiger charge is -2.28. The topological polar surface area (TPSA) is 44.8 Å². The predicted octanol–water partition coefficient (Wildman–Crippen LogP) is 4.72. The highest BCUT2D eigenvalue weighted by atomic mass is 35.5. The second-order valence-electron chi connectivity index (χ2n) is 3.19. The summed E-state index contributed by atoms with van der Waals surface area (Å²) in [6.45, 7) is 5.54. The minimum absolute atomic E-state index is 0.155. The molecule has 0 heterocycles. The summed E-state index contributed by atoms with van der Waals surface area (Å²) in [5.74, 6) is 0. The summed E-state index contributed by atoms with van der Waals surface area (Å²) in [5.41, 5.74) is 0. The molecule has 17 heavy (non-hydrogen) atoms. The molecule has 0 saturated carbocycles. The van der Waals surface area contributed by atoms with E-state index in [9.17, 15) is 4.57 Å². The Morgan fingerprint density at radius 2 is 1.65 bits per heavy atom. The summed E-state index contributed by atoms with van der Waals surface area (Å²) in [6, 6.07) is 0. The average molecular weight is 328 g/mol. The van der Waals surface area contributed by atoms with E-state index in [1.54, 1.807) is 13.8 Å². The van der Waals surface area contributed by atoms with Gasteiger partial charge in [0.05, 0.1) is 18.6 Å². The zero-order valence-electron chi connectivity index (χ0n) is 10.1. The van der Waals surface area contributed by atoms with Gasteiger partial charge in [0.2, 0.25) is 4.52 Å². The third-order valence-electron chi connectivity index (χ3n) is 1.71. The van der Waals surface area contributed by atoms with Gasteiger partial charge < -0.3 is 0 Å². The van der Waals surface area contributed by atoms with E-state index in [0.29, 0.717) is 6.42 Å². The fourth-order valence-corrected chi connectivity index (χ4v) is 3.32. The van der Waals surface area contributed by atoms with E-state index >= 15 is 0 Å². The molecular formula is C9H18Cl3O4P. The van der Waals surface area contributed by atoms with Gasteiger partial charge in [-0.2, -0.15) is 0 Å². The van der Waals surface area contributed by atoms with Crippen molar-refractivity contribution in [2.24, 2.45) is 0 Å². The molecule has 1 atom stereocenters. The number of phosphoric ester groups is 1. The standard InChI is InChI=1S/C9H18Cl3O4P/c1-4-7-8(10)9(11,12)16-17(13,14-5-2)15-6-3/h8H,4-7H2,1-3H3. The van der Waals surface area contributed by atoms with E-state index in [1.807, 2.05) is 6.92 Å². The smallest absolute Gasteiger partial charge is 0.287 e. The molecule has 0 radical (unpaired) electrons. The molecule has 1 unspecified atom stereocenters. The first kappa shape index (κ1) is 18.0. The number of alkyl halides is 3. The Labute approximate surface area is 117 Å². The van der Waals surface area contributed by atoms with Crippen molar-refractivity contribution in [2.45, 2.75) is 43.5 Å². The lowest BCUT2D eigenvalue weighted by Crippen LogP contribution is -2.29. The first-order valence-corrected chi connectivity index (χ1v) is 8.08. The van der Waals surface area contributed by atoms with E-state index in [1.165, 1.54) is 0 Å². The second kappa shape index (κ2) is 8.21. The number of halogens is 3. The largest absolute Gasteiger partial charge is 0.477 e. The van der Waals surface area contributed by atoms with Gasteiger partial charge in [-0.25, -0.2) is 9.09 Å². The highest BCUT2D eigenvalue weighted by molar-refractivity contribution is 7.48. The van der Waals surface area contributed by atoms with Crippen LogP contribution in [0.15, 0.2) is 0 Å². The molecule has 0 amide bonds. The van der Waals surface area contributed by atoms with Crippen LogP contribution in [0.1, 0.15) is 33.6 Å². The minimum atomic E-state index is -3.77. The van der Waals surface area contributed by atoms with E-state index in [2.05, 4.69) is 0 Å². The molecular weight excluding hydrogens is 309 g/mol. The maximum atomic E-state index is 12.0. The van der Waals surface area contributed by atoms with Crippen LogP contribution in [0.25, 0.3) is 0 Å². The van der Waals surface area contributed by atoms with E-state index in [4.69, 9.17) is 48.4 Å². The van der Waals surface area contributed by atoms with Gasteiger partial charge in [-0.1, -0.05) is 36.5 Å². The molecule has 0 aromatic heterocycles. The first-order valence-electron chi connectivity index (χ1n) is 5.43. The van der Waals surface area contributed by atoms with Gasteiger partial charge in [-0.3, -0.25) is 9.05 Å². The van der Waals surface area contributed by atoms with Crippen LogP contribution in [0.5, 0.6) is 0 Å². The van der Waals surface area contributed by atoms with Crippen LogP contribution in [0.4, 0.5) is 0 Å². The normalized spacial score (nSPS) is 14.9. The van der Waals surface area contributed by atoms with Crippen molar-refractivity contribution in [3.05, 3.63) is 0 Å². The number of rotatable bonds is 9. The SMILES string of the molecule is CCCC(Cl)C(Cl)(Cl)OP(=O)(OCC)OCC. The van der Waals surface area contributed by atoms with E-state index < -0.39 is 17.7 Å². The first-order chi connectivity index (χ1) is 7.81. The van der Waals surface area contributed by atoms with Crippen LogP contribution in [0.3, 0.4) is 0 Å². The lowest BCUT2D eigenvalue weighted by molar-refractivity contribution is 0.0945. The molecule has 0 N–H and O–H groups in total. The number of phosphoric acid groups is 1. The quantitative estimate of drug-likeness (QED) is 0.454. The molecule has 0 aromatic carbocycles. The Hall–Kier alpha value is 0.980. The maximum absolute atomic E-state index is 12.0. The monoisotopic (exact) mass is 326 g/mol. The van der Waals surface area contributed by atoms with E-state index in [-0.39, 0.29) is 13.2 Å². The maximum Gasteiger partial charge on any atom is 0.477 e. The molecule has 0 saturated heterocycles. The summed E-state index contributed by atoms with van der Waals surface area (Å²) in [4.78, 5) is 0. The van der Waals surface area contributed by atoms with Crippen molar-refractivity contribution in [3.8, 4) is 0 Å². The van der Waals surface area contributed by atoms with Crippen LogP contribution in [-0.4, -0.2) is 23.1 Å². The lowest BCUT2D eigenvalue weighted by atomic mass is 10.2. The Kier molecular flexibility index (Phi) is 8.68. The van der Waals surface area contributed by atoms with Gasteiger partial charge in [0.1, 0.15) is 0 Å². The van der Waals surface area contributed by atoms with Gasteiger partial charge >= 0.3 is 7.82 Å². The Balaban J connectivity index is 4.67. The van der Waals surface area contributed by atoms with Crippen LogP contribution < -0.4 is 0 Å². The van der Waals surface area contributed by atoms with Crippen LogP contribution in [-0.2, 0) is 18.1 Å². The molecule has 0 spiro atoms. The van der Waals surface area contributed by atoms with Crippen molar-refractivity contribution in [1.29, 1.82) is 0 Å². The highest BCUT2D eigenvalue weighted by Crippen LogP contribution is 2.56. The van der Waals surface area contributed by atoms with Crippen LogP contribution in [0.2, 0.25) is 0 Å². The average Bonchev–Trinajstić information content (AvgIpc) is 2.17. The third-order valence-corrected chi connectivity index (χ3v) is 5.02. The van der Waals surface area contributed by atoms with Gasteiger partial charge in [-0.15, -0.1) is 11.6 Å². The summed E-state index contributed by atoms with van der Waals surface area (Å²) in [7, 11) is -3.77. The predicted molar refractivity (Wildman–Crippen MR) is 70.9 cm³/mol. The third kappa shape index (κ3) is 6.63. The summed E-state index contributed by atoms with van der Waals surface area (Å²) in [6.07, 6.45) is 1.29. The summed E-state index contributed by atoms with van der Waals surface area (Å²) >= 11 is 17.8. The molecule has 0 bridgehead atoms. The number of hydrogen-bond acceptors (Lipinski definition) is 4. The molecule has 0 fully saturated rings. The minimum Gasteiger partial charge on any atom is -0.287 e. The van der Waals surface area contributed by atoms with Crippen molar-refractivity contribution >= 4 is 42.6 Å². The Bertz CT molecular complexity index is 253. The van der Waals surface area contributed by atoms with Gasteiger partial charge in [0, 0.05) is 0 Å². The van der Waals surface area contributed by atoms with Crippen molar-refractivity contribution in [1.82, 2.24) is 0 Å². The fraction of sp³-hybridized carbons (Fsp3) is 1.00. The highest BCUT2D eigenvalue weighted by Gasteiger charge is 2.43. The van der Waals surface area contributed by atoms with Gasteiger partial charge in [-0.05, 0) is 20.3 Å². The van der Waals surface area contributed by atoms with Crippen LogP contribution >= 0.6 is 42.6 Å². The second-order valence-corrected chi connectivity index (χ2v) is 6.63. The van der Waals surface area contributed by atoms with Crippen LogP contribution in [0, 0.1) is 0 Å². The van der Waals surface area contributed by atoms with Gasteiger partial charge in [0.15, 0.2) is 0 Å². The van der Waals surface area contributed by atoms with Crippen molar-refractivity contribution in [2.75, 3.05) is 13.2 Å². The number of hydrogen-bond donors (Lipinski definition) is 0. The fourth-order valence-electron chi connectivity index (χ4n) is 1.03. The molecule has 0 rings (SSSR count). The van der Waals surface area contributed by atoms with Gasteiger partial charge in [0.25, 0.3) is 0 Å². The van der Waals surface area contributed by atoms with Crippen molar-refractivity contribution < 1.29 is 18.1 Å². The molecule has 8 heteroatoms. The molecule has 4 nitrogen and oxygen atoms in total. The molecule has 0 aliphatic rings. The molecule has 0 aromatic rings. The summed E-state index contributed by atoms with van der Waals surface area (Å²) < 4.78 is 25.1. The zero-order chi connectivity index (χ0) is 13.5. The Morgan fingerprint density at radius 3 is 2.00 bits per heavy atom. The van der Waals surface area contributed by atoms with E-state index in [0.717, 1.165) is 6.42 Å². The van der Waals surface area contributed by atoms with Crippen molar-refractivity contribution in [3.63, 3.8) is 0 Å². The Morgan fingerprint density at radius 1 is 1.18 bits per heavy atom. The molecule has 0 aliphatic heterocycles. The molecule has 104 valence electrons. The summed E-state index contributed by atoms with van der Waals surface area (Å²) in [5, 5.41) is -0.704. The zero-order valence-corrected chi connectivity index (χ0v) is 13.3.